The molecule has 1 fully saturated rings. The largest absolute Gasteiger partial charge is 0.416 e. The van der Waals surface area contributed by atoms with Crippen LogP contribution in [-0.4, -0.2) is 13.2 Å². The Labute approximate surface area is 120 Å². The highest BCUT2D eigenvalue weighted by Gasteiger charge is 2.36. The lowest BCUT2D eigenvalue weighted by Gasteiger charge is -2.28. The molecule has 0 aromatic heterocycles. The summed E-state index contributed by atoms with van der Waals surface area (Å²) in [6.45, 7) is 1.19. The van der Waals surface area contributed by atoms with Crippen molar-refractivity contribution in [2.75, 3.05) is 13.2 Å². The van der Waals surface area contributed by atoms with Gasteiger partial charge in [-0.25, -0.2) is 4.39 Å². The Bertz CT molecular complexity index is 473. The molecular weight excluding hydrogens is 288 g/mol. The molecule has 21 heavy (non-hydrogen) atoms. The van der Waals surface area contributed by atoms with Crippen molar-refractivity contribution >= 4 is 0 Å². The van der Waals surface area contributed by atoms with E-state index in [2.05, 4.69) is 5.43 Å². The van der Waals surface area contributed by atoms with Gasteiger partial charge in [0.05, 0.1) is 5.56 Å². The molecule has 1 aliphatic rings. The van der Waals surface area contributed by atoms with Gasteiger partial charge in [-0.05, 0) is 48.9 Å². The van der Waals surface area contributed by atoms with Gasteiger partial charge in [0.15, 0.2) is 0 Å². The van der Waals surface area contributed by atoms with E-state index in [1.54, 1.807) is 0 Å². The van der Waals surface area contributed by atoms with Crippen LogP contribution in [0.5, 0.6) is 0 Å². The van der Waals surface area contributed by atoms with Crippen LogP contribution in [0, 0.1) is 11.7 Å². The Balaban J connectivity index is 2.25. The van der Waals surface area contributed by atoms with Crippen LogP contribution < -0.4 is 11.3 Å². The van der Waals surface area contributed by atoms with Crippen molar-refractivity contribution in [1.82, 2.24) is 5.43 Å². The third-order valence-corrected chi connectivity index (χ3v) is 3.81. The second-order valence-corrected chi connectivity index (χ2v) is 5.24. The van der Waals surface area contributed by atoms with Gasteiger partial charge < -0.3 is 4.74 Å². The SMILES string of the molecule is NNC(CC1CCOCC1)c1cc(F)ccc1C(F)(F)F. The summed E-state index contributed by atoms with van der Waals surface area (Å²) in [4.78, 5) is 0. The predicted octanol–water partition coefficient (Wildman–Crippen LogP) is 3.17. The van der Waals surface area contributed by atoms with Crippen LogP contribution in [0.2, 0.25) is 0 Å². The topological polar surface area (TPSA) is 47.3 Å². The van der Waals surface area contributed by atoms with E-state index < -0.39 is 23.6 Å². The zero-order valence-corrected chi connectivity index (χ0v) is 11.4. The van der Waals surface area contributed by atoms with Gasteiger partial charge >= 0.3 is 6.18 Å². The second-order valence-electron chi connectivity index (χ2n) is 5.24. The summed E-state index contributed by atoms with van der Waals surface area (Å²) in [7, 11) is 0. The van der Waals surface area contributed by atoms with Crippen LogP contribution in [0.25, 0.3) is 0 Å². The van der Waals surface area contributed by atoms with Gasteiger partial charge in [0, 0.05) is 19.3 Å². The van der Waals surface area contributed by atoms with Crippen molar-refractivity contribution in [1.29, 1.82) is 0 Å². The minimum Gasteiger partial charge on any atom is -0.381 e. The van der Waals surface area contributed by atoms with Crippen LogP contribution in [0.3, 0.4) is 0 Å². The molecule has 1 unspecified atom stereocenters. The number of hydrogen-bond donors (Lipinski definition) is 2. The third-order valence-electron chi connectivity index (χ3n) is 3.81. The Morgan fingerprint density at radius 1 is 1.29 bits per heavy atom. The molecule has 0 spiro atoms. The van der Waals surface area contributed by atoms with Crippen molar-refractivity contribution in [3.63, 3.8) is 0 Å². The molecule has 1 aliphatic heterocycles. The molecule has 118 valence electrons. The summed E-state index contributed by atoms with van der Waals surface area (Å²) in [6, 6.07) is 1.75. The first-order valence-corrected chi connectivity index (χ1v) is 6.82. The fraction of sp³-hybridized carbons (Fsp3) is 0.571. The van der Waals surface area contributed by atoms with E-state index in [4.69, 9.17) is 10.6 Å². The van der Waals surface area contributed by atoms with E-state index in [1.807, 2.05) is 0 Å². The van der Waals surface area contributed by atoms with Gasteiger partial charge in [-0.3, -0.25) is 11.3 Å². The maximum atomic E-state index is 13.4. The molecule has 0 amide bonds. The van der Waals surface area contributed by atoms with Crippen molar-refractivity contribution in [3.05, 3.63) is 35.1 Å². The molecule has 0 radical (unpaired) electrons. The molecule has 1 atom stereocenters. The molecule has 0 bridgehead atoms. The molecule has 1 aromatic carbocycles. The first-order chi connectivity index (χ1) is 9.91. The molecule has 3 N–H and O–H groups in total. The van der Waals surface area contributed by atoms with E-state index in [0.717, 1.165) is 31.0 Å². The molecule has 7 heteroatoms. The van der Waals surface area contributed by atoms with E-state index in [9.17, 15) is 17.6 Å². The third kappa shape index (κ3) is 4.15. The van der Waals surface area contributed by atoms with E-state index in [0.29, 0.717) is 19.6 Å². The monoisotopic (exact) mass is 306 g/mol. The molecule has 3 nitrogen and oxygen atoms in total. The predicted molar refractivity (Wildman–Crippen MR) is 69.6 cm³/mol. The van der Waals surface area contributed by atoms with Gasteiger partial charge in [0.2, 0.25) is 0 Å². The second kappa shape index (κ2) is 6.72. The van der Waals surface area contributed by atoms with Crippen LogP contribution in [0.1, 0.15) is 36.4 Å². The highest BCUT2D eigenvalue weighted by atomic mass is 19.4. The van der Waals surface area contributed by atoms with Gasteiger partial charge in [-0.2, -0.15) is 13.2 Å². The number of ether oxygens (including phenoxy) is 1. The number of alkyl halides is 3. The lowest BCUT2D eigenvalue weighted by molar-refractivity contribution is -0.138. The lowest BCUT2D eigenvalue weighted by Crippen LogP contribution is -2.32. The molecular formula is C14H18F4N2O. The standard InChI is InChI=1S/C14H18F4N2O/c15-10-1-2-12(14(16,17)18)11(8-10)13(20-19)7-9-3-5-21-6-4-9/h1-2,8-9,13,20H,3-7,19H2. The number of rotatable bonds is 4. The zero-order chi connectivity index (χ0) is 15.5. The summed E-state index contributed by atoms with van der Waals surface area (Å²) in [5.74, 6) is 4.92. The fourth-order valence-electron chi connectivity index (χ4n) is 2.68. The van der Waals surface area contributed by atoms with E-state index in [1.165, 1.54) is 0 Å². The zero-order valence-electron chi connectivity index (χ0n) is 11.4. The first-order valence-electron chi connectivity index (χ1n) is 6.82. The van der Waals surface area contributed by atoms with Gasteiger partial charge in [-0.1, -0.05) is 0 Å². The average Bonchev–Trinajstić information content (AvgIpc) is 2.44. The molecule has 0 aliphatic carbocycles. The van der Waals surface area contributed by atoms with Gasteiger partial charge in [0.1, 0.15) is 5.82 Å². The smallest absolute Gasteiger partial charge is 0.381 e. The van der Waals surface area contributed by atoms with Crippen molar-refractivity contribution < 1.29 is 22.3 Å². The summed E-state index contributed by atoms with van der Waals surface area (Å²) in [5, 5.41) is 0. The summed E-state index contributed by atoms with van der Waals surface area (Å²) < 4.78 is 57.7. The highest BCUT2D eigenvalue weighted by Crippen LogP contribution is 2.37. The van der Waals surface area contributed by atoms with Gasteiger partial charge in [0.25, 0.3) is 0 Å². The maximum Gasteiger partial charge on any atom is 0.416 e. The minimum absolute atomic E-state index is 0.142. The number of nitrogens with one attached hydrogen (secondary N) is 1. The first kappa shape index (κ1) is 16.2. The number of nitrogens with two attached hydrogens (primary N) is 1. The minimum atomic E-state index is -4.53. The summed E-state index contributed by atoms with van der Waals surface area (Å²) in [5.41, 5.74) is 1.41. The van der Waals surface area contributed by atoms with Crippen LogP contribution in [-0.2, 0) is 10.9 Å². The number of halogens is 4. The highest BCUT2D eigenvalue weighted by molar-refractivity contribution is 5.33. The fourth-order valence-corrected chi connectivity index (χ4v) is 2.68. The average molecular weight is 306 g/mol. The number of hydrazine groups is 1. The van der Waals surface area contributed by atoms with E-state index in [-0.39, 0.29) is 11.5 Å². The maximum absolute atomic E-state index is 13.4. The molecule has 1 heterocycles. The van der Waals surface area contributed by atoms with Crippen molar-refractivity contribution in [2.24, 2.45) is 11.8 Å². The number of hydrogen-bond acceptors (Lipinski definition) is 3. The van der Waals surface area contributed by atoms with Gasteiger partial charge in [-0.15, -0.1) is 0 Å². The van der Waals surface area contributed by atoms with Crippen molar-refractivity contribution in [2.45, 2.75) is 31.5 Å². The Hall–Kier alpha value is -1.18. The molecule has 1 saturated heterocycles. The van der Waals surface area contributed by atoms with Crippen LogP contribution in [0.4, 0.5) is 17.6 Å². The quantitative estimate of drug-likeness (QED) is 0.510. The lowest BCUT2D eigenvalue weighted by atomic mass is 9.88. The Kier molecular flexibility index (Phi) is 5.18. The molecule has 2 rings (SSSR count). The van der Waals surface area contributed by atoms with Crippen LogP contribution in [0.15, 0.2) is 18.2 Å². The van der Waals surface area contributed by atoms with E-state index >= 15 is 0 Å². The Morgan fingerprint density at radius 2 is 1.95 bits per heavy atom. The summed E-state index contributed by atoms with van der Waals surface area (Å²) in [6.07, 6.45) is -2.57. The molecule has 0 saturated carbocycles. The van der Waals surface area contributed by atoms with Crippen molar-refractivity contribution in [3.8, 4) is 0 Å². The Morgan fingerprint density at radius 3 is 2.52 bits per heavy atom. The van der Waals surface area contributed by atoms with Crippen LogP contribution >= 0.6 is 0 Å². The number of benzene rings is 1. The molecule has 1 aromatic rings. The summed E-state index contributed by atoms with van der Waals surface area (Å²) >= 11 is 0. The normalized spacial score (nSPS) is 18.7.